The lowest BCUT2D eigenvalue weighted by molar-refractivity contribution is -0.121. The fraction of sp³-hybridized carbons (Fsp3) is 0.0400. The van der Waals surface area contributed by atoms with Gasteiger partial charge in [0.2, 0.25) is 5.91 Å². The number of furan rings is 1. The first kappa shape index (κ1) is 21.5. The van der Waals surface area contributed by atoms with Gasteiger partial charge in [0, 0.05) is 23.2 Å². The summed E-state index contributed by atoms with van der Waals surface area (Å²) in [7, 11) is 0. The molecule has 3 amide bonds. The van der Waals surface area contributed by atoms with Crippen molar-refractivity contribution in [1.82, 2.24) is 15.6 Å². The van der Waals surface area contributed by atoms with Crippen LogP contribution in [0.1, 0.15) is 16.1 Å². The van der Waals surface area contributed by atoms with E-state index in [4.69, 9.17) is 4.42 Å². The molecular weight excluding hydrogens is 420 g/mol. The Bertz CT molecular complexity index is 1310. The van der Waals surface area contributed by atoms with Crippen LogP contribution in [0.5, 0.6) is 0 Å². The van der Waals surface area contributed by atoms with E-state index in [1.807, 2.05) is 24.3 Å². The van der Waals surface area contributed by atoms with Crippen molar-refractivity contribution in [3.8, 4) is 0 Å². The van der Waals surface area contributed by atoms with Crippen LogP contribution < -0.4 is 16.0 Å². The average Bonchev–Trinajstić information content (AvgIpc) is 3.36. The Balaban J connectivity index is 1.44. The molecule has 0 aliphatic rings. The average molecular weight is 440 g/mol. The minimum Gasteiger partial charge on any atom is -0.465 e. The van der Waals surface area contributed by atoms with E-state index in [1.165, 1.54) is 12.3 Å². The maximum absolute atomic E-state index is 12.8. The highest BCUT2D eigenvalue weighted by molar-refractivity contribution is 6.07. The van der Waals surface area contributed by atoms with Crippen molar-refractivity contribution in [2.24, 2.45) is 0 Å². The fourth-order valence-electron chi connectivity index (χ4n) is 3.11. The topological polar surface area (TPSA) is 113 Å². The zero-order valence-electron chi connectivity index (χ0n) is 17.4. The largest absolute Gasteiger partial charge is 0.465 e. The van der Waals surface area contributed by atoms with Gasteiger partial charge >= 0.3 is 0 Å². The summed E-state index contributed by atoms with van der Waals surface area (Å²) in [4.78, 5) is 42.1. The molecule has 0 aliphatic carbocycles. The third kappa shape index (κ3) is 5.50. The third-order valence-corrected chi connectivity index (χ3v) is 4.67. The number of nitrogens with one attached hydrogen (secondary N) is 3. The zero-order valence-corrected chi connectivity index (χ0v) is 17.4. The SMILES string of the molecule is O=C(CNC(=O)C(=Cc1ccco1)NC(=O)c1ccccc1)Nc1cccc2cccnc12. The molecule has 4 rings (SSSR count). The summed E-state index contributed by atoms with van der Waals surface area (Å²) < 4.78 is 5.25. The van der Waals surface area contributed by atoms with Crippen molar-refractivity contribution in [3.05, 3.63) is 102 Å². The van der Waals surface area contributed by atoms with Crippen molar-refractivity contribution in [2.75, 3.05) is 11.9 Å². The van der Waals surface area contributed by atoms with Gasteiger partial charge in [-0.2, -0.15) is 0 Å². The highest BCUT2D eigenvalue weighted by Gasteiger charge is 2.16. The number of carbonyl (C=O) groups is 3. The van der Waals surface area contributed by atoms with Gasteiger partial charge in [-0.05, 0) is 36.4 Å². The summed E-state index contributed by atoms with van der Waals surface area (Å²) in [6.45, 7) is -0.307. The number of nitrogens with zero attached hydrogens (tertiary/aromatic N) is 1. The van der Waals surface area contributed by atoms with Crippen molar-refractivity contribution >= 4 is 40.4 Å². The van der Waals surface area contributed by atoms with Gasteiger partial charge in [0.25, 0.3) is 11.8 Å². The summed E-state index contributed by atoms with van der Waals surface area (Å²) in [5.41, 5.74) is 1.51. The van der Waals surface area contributed by atoms with Crippen LogP contribution in [0, 0.1) is 0 Å². The highest BCUT2D eigenvalue weighted by atomic mass is 16.3. The number of rotatable bonds is 7. The molecule has 164 valence electrons. The van der Waals surface area contributed by atoms with E-state index in [9.17, 15) is 14.4 Å². The molecule has 2 aromatic carbocycles. The van der Waals surface area contributed by atoms with E-state index < -0.39 is 17.7 Å². The molecule has 0 saturated heterocycles. The van der Waals surface area contributed by atoms with Gasteiger partial charge in [0.15, 0.2) is 0 Å². The normalized spacial score (nSPS) is 11.1. The second kappa shape index (κ2) is 10.1. The first-order valence-electron chi connectivity index (χ1n) is 10.1. The van der Waals surface area contributed by atoms with Crippen molar-refractivity contribution in [1.29, 1.82) is 0 Å². The number of fused-ring (bicyclic) bond motifs is 1. The van der Waals surface area contributed by atoms with Crippen LogP contribution in [0.3, 0.4) is 0 Å². The van der Waals surface area contributed by atoms with E-state index in [0.29, 0.717) is 22.5 Å². The lowest BCUT2D eigenvalue weighted by atomic mass is 10.2. The standard InChI is InChI=1S/C25H20N4O4/c30-22(28-20-12-4-9-17-10-5-13-26-23(17)20)16-27-25(32)21(15-19-11-6-14-33-19)29-24(31)18-7-2-1-3-8-18/h1-15H,16H2,(H,27,32)(H,28,30)(H,29,31). The van der Waals surface area contributed by atoms with E-state index in [1.54, 1.807) is 54.7 Å². The number of amides is 3. The van der Waals surface area contributed by atoms with Crippen molar-refractivity contribution < 1.29 is 18.8 Å². The molecule has 0 fully saturated rings. The molecular formula is C25H20N4O4. The van der Waals surface area contributed by atoms with Crippen LogP contribution >= 0.6 is 0 Å². The number of aromatic nitrogens is 1. The van der Waals surface area contributed by atoms with Crippen LogP contribution in [-0.2, 0) is 9.59 Å². The Morgan fingerprint density at radius 1 is 0.909 bits per heavy atom. The smallest absolute Gasteiger partial charge is 0.268 e. The van der Waals surface area contributed by atoms with Crippen LogP contribution in [0.15, 0.2) is 95.4 Å². The van der Waals surface area contributed by atoms with E-state index in [0.717, 1.165) is 5.39 Å². The predicted molar refractivity (Wildman–Crippen MR) is 124 cm³/mol. The van der Waals surface area contributed by atoms with Crippen LogP contribution in [0.4, 0.5) is 5.69 Å². The number of carbonyl (C=O) groups excluding carboxylic acids is 3. The lowest BCUT2D eigenvalue weighted by Gasteiger charge is -2.12. The summed E-state index contributed by atoms with van der Waals surface area (Å²) in [5.74, 6) is -1.16. The molecule has 8 heteroatoms. The molecule has 0 bridgehead atoms. The predicted octanol–water partition coefficient (Wildman–Crippen LogP) is 3.35. The molecule has 4 aromatic rings. The van der Waals surface area contributed by atoms with Gasteiger partial charge in [-0.25, -0.2) is 0 Å². The molecule has 3 N–H and O–H groups in total. The second-order valence-corrected chi connectivity index (χ2v) is 7.01. The van der Waals surface area contributed by atoms with Gasteiger partial charge in [-0.15, -0.1) is 0 Å². The first-order chi connectivity index (χ1) is 16.1. The minimum absolute atomic E-state index is 0.0570. The van der Waals surface area contributed by atoms with Gasteiger partial charge < -0.3 is 20.4 Å². The van der Waals surface area contributed by atoms with Gasteiger partial charge in [-0.3, -0.25) is 19.4 Å². The number of hydrogen-bond acceptors (Lipinski definition) is 5. The van der Waals surface area contributed by atoms with Crippen LogP contribution in [-0.4, -0.2) is 29.3 Å². The molecule has 0 radical (unpaired) electrons. The van der Waals surface area contributed by atoms with Crippen molar-refractivity contribution in [3.63, 3.8) is 0 Å². The monoisotopic (exact) mass is 440 g/mol. The molecule has 0 unspecified atom stereocenters. The number of anilines is 1. The van der Waals surface area contributed by atoms with Gasteiger partial charge in [-0.1, -0.05) is 36.4 Å². The molecule has 2 aromatic heterocycles. The molecule has 8 nitrogen and oxygen atoms in total. The molecule has 0 spiro atoms. The third-order valence-electron chi connectivity index (χ3n) is 4.67. The summed E-state index contributed by atoms with van der Waals surface area (Å²) in [6.07, 6.45) is 4.48. The Morgan fingerprint density at radius 3 is 2.52 bits per heavy atom. The highest BCUT2D eigenvalue weighted by Crippen LogP contribution is 2.20. The van der Waals surface area contributed by atoms with Crippen LogP contribution in [0.2, 0.25) is 0 Å². The molecule has 33 heavy (non-hydrogen) atoms. The maximum atomic E-state index is 12.8. The molecule has 2 heterocycles. The molecule has 0 saturated carbocycles. The Labute approximate surface area is 189 Å². The Kier molecular flexibility index (Phi) is 6.56. The summed E-state index contributed by atoms with van der Waals surface area (Å²) in [6, 6.07) is 20.9. The Hall–Kier alpha value is -4.72. The molecule has 0 atom stereocenters. The summed E-state index contributed by atoms with van der Waals surface area (Å²) in [5, 5.41) is 8.73. The van der Waals surface area contributed by atoms with Crippen molar-refractivity contribution in [2.45, 2.75) is 0 Å². The summed E-state index contributed by atoms with van der Waals surface area (Å²) >= 11 is 0. The van der Waals surface area contributed by atoms with Gasteiger partial charge in [0.05, 0.1) is 24.0 Å². The fourth-order valence-corrected chi connectivity index (χ4v) is 3.11. The number of para-hydroxylation sites is 1. The van der Waals surface area contributed by atoms with Gasteiger partial charge in [0.1, 0.15) is 11.5 Å². The van der Waals surface area contributed by atoms with E-state index in [2.05, 4.69) is 20.9 Å². The lowest BCUT2D eigenvalue weighted by Crippen LogP contribution is -2.38. The first-order valence-corrected chi connectivity index (χ1v) is 10.1. The second-order valence-electron chi connectivity index (χ2n) is 7.01. The number of hydrogen-bond donors (Lipinski definition) is 3. The quantitative estimate of drug-likeness (QED) is 0.382. The van der Waals surface area contributed by atoms with E-state index in [-0.39, 0.29) is 12.2 Å². The van der Waals surface area contributed by atoms with E-state index >= 15 is 0 Å². The minimum atomic E-state index is -0.637. The Morgan fingerprint density at radius 2 is 1.73 bits per heavy atom. The molecule has 0 aliphatic heterocycles. The van der Waals surface area contributed by atoms with Crippen LogP contribution in [0.25, 0.3) is 17.0 Å². The maximum Gasteiger partial charge on any atom is 0.268 e. The number of benzene rings is 2. The number of pyridine rings is 1. The zero-order chi connectivity index (χ0) is 23.0.